The van der Waals surface area contributed by atoms with Crippen LogP contribution in [0.5, 0.6) is 11.5 Å². The lowest BCUT2D eigenvalue weighted by Gasteiger charge is -2.10. The Hall–Kier alpha value is -3.65. The Balaban J connectivity index is 1.26. The molecule has 0 aliphatic rings. The van der Waals surface area contributed by atoms with Crippen LogP contribution in [0.2, 0.25) is 0 Å². The zero-order valence-electron chi connectivity index (χ0n) is 18.4. The first kappa shape index (κ1) is 22.5. The molecule has 1 amide bonds. The molecule has 3 aromatic carbocycles. The molecule has 0 aliphatic heterocycles. The van der Waals surface area contributed by atoms with Crippen molar-refractivity contribution in [1.29, 1.82) is 0 Å². The van der Waals surface area contributed by atoms with E-state index in [1.54, 1.807) is 0 Å². The second kappa shape index (κ2) is 10.8. The molecule has 33 heavy (non-hydrogen) atoms. The maximum Gasteiger partial charge on any atom is 0.221 e. The van der Waals surface area contributed by atoms with Crippen molar-refractivity contribution in [1.82, 2.24) is 20.1 Å². The summed E-state index contributed by atoms with van der Waals surface area (Å²) in [5.41, 5.74) is 0.898. The summed E-state index contributed by atoms with van der Waals surface area (Å²) in [5.74, 6) is 2.20. The van der Waals surface area contributed by atoms with Crippen molar-refractivity contribution >= 4 is 28.9 Å². The molecule has 2 N–H and O–H groups in total. The second-order valence-electron chi connectivity index (χ2n) is 7.42. The molecular formula is C25H26N4O3S. The number of amides is 1. The van der Waals surface area contributed by atoms with Gasteiger partial charge in [0.2, 0.25) is 5.91 Å². The lowest BCUT2D eigenvalue weighted by Crippen LogP contribution is -2.28. The molecule has 0 saturated heterocycles. The van der Waals surface area contributed by atoms with Crippen molar-refractivity contribution in [2.45, 2.75) is 19.9 Å². The molecule has 0 radical (unpaired) electrons. The van der Waals surface area contributed by atoms with E-state index in [1.165, 1.54) is 5.39 Å². The minimum absolute atomic E-state index is 0.0714. The predicted molar refractivity (Wildman–Crippen MR) is 131 cm³/mol. The summed E-state index contributed by atoms with van der Waals surface area (Å²) < 4.78 is 13.6. The van der Waals surface area contributed by atoms with E-state index in [4.69, 9.17) is 21.7 Å². The van der Waals surface area contributed by atoms with Gasteiger partial charge in [-0.2, -0.15) is 5.10 Å². The fourth-order valence-electron chi connectivity index (χ4n) is 3.53. The Kier molecular flexibility index (Phi) is 7.36. The van der Waals surface area contributed by atoms with Crippen LogP contribution in [0.1, 0.15) is 13.3 Å². The van der Waals surface area contributed by atoms with Gasteiger partial charge >= 0.3 is 0 Å². The zero-order chi connectivity index (χ0) is 23.0. The van der Waals surface area contributed by atoms with E-state index < -0.39 is 0 Å². The predicted octanol–water partition coefficient (Wildman–Crippen LogP) is 4.74. The number of rotatable bonds is 10. The molecule has 8 heteroatoms. The van der Waals surface area contributed by atoms with Gasteiger partial charge in [0, 0.05) is 18.5 Å². The normalized spacial score (nSPS) is 10.8. The van der Waals surface area contributed by atoms with Gasteiger partial charge in [0.15, 0.2) is 10.6 Å². The first-order valence-electron chi connectivity index (χ1n) is 10.9. The van der Waals surface area contributed by atoms with Crippen molar-refractivity contribution in [2.75, 3.05) is 19.8 Å². The van der Waals surface area contributed by atoms with Crippen LogP contribution in [0.25, 0.3) is 22.2 Å². The third-order valence-corrected chi connectivity index (χ3v) is 5.47. The van der Waals surface area contributed by atoms with Crippen molar-refractivity contribution in [3.8, 4) is 22.9 Å². The molecule has 0 aliphatic carbocycles. The van der Waals surface area contributed by atoms with Crippen LogP contribution in [-0.2, 0) is 11.3 Å². The van der Waals surface area contributed by atoms with Crippen LogP contribution in [0.15, 0.2) is 66.7 Å². The molecule has 0 unspecified atom stereocenters. The van der Waals surface area contributed by atoms with E-state index in [0.29, 0.717) is 36.9 Å². The van der Waals surface area contributed by atoms with E-state index >= 15 is 0 Å². The first-order valence-corrected chi connectivity index (χ1v) is 11.3. The van der Waals surface area contributed by atoms with Gasteiger partial charge in [-0.1, -0.05) is 30.3 Å². The number of hydrogen-bond donors (Lipinski definition) is 2. The lowest BCUT2D eigenvalue weighted by molar-refractivity contribution is -0.121. The number of nitrogens with zero attached hydrogens (tertiary/aromatic N) is 2. The standard InChI is InChI=1S/C25H26N4O3S/c1-2-31-21-10-8-19(9-11-21)24-27-28-25(33)29(24)15-13-23(30)26-14-16-32-22-12-7-18-5-3-4-6-20(18)17-22/h3-12,17H,2,13-16H2,1H3,(H,26,30)(H,28,33). The van der Waals surface area contributed by atoms with Gasteiger partial charge in [0.25, 0.3) is 0 Å². The summed E-state index contributed by atoms with van der Waals surface area (Å²) in [6, 6.07) is 21.7. The topological polar surface area (TPSA) is 81.2 Å². The molecule has 4 aromatic rings. The number of aromatic amines is 1. The number of hydrogen-bond acceptors (Lipinski definition) is 5. The van der Waals surface area contributed by atoms with Crippen LogP contribution >= 0.6 is 12.2 Å². The van der Waals surface area contributed by atoms with E-state index in [-0.39, 0.29) is 12.3 Å². The maximum absolute atomic E-state index is 12.3. The Bertz CT molecular complexity index is 1280. The minimum Gasteiger partial charge on any atom is -0.494 e. The number of carbonyl (C=O) groups excluding carboxylic acids is 1. The van der Waals surface area contributed by atoms with Crippen LogP contribution in [0, 0.1) is 4.77 Å². The first-order chi connectivity index (χ1) is 16.1. The Morgan fingerprint density at radius 2 is 1.79 bits per heavy atom. The molecule has 0 bridgehead atoms. The third-order valence-electron chi connectivity index (χ3n) is 5.16. The summed E-state index contributed by atoms with van der Waals surface area (Å²) >= 11 is 5.35. The molecule has 1 aromatic heterocycles. The summed E-state index contributed by atoms with van der Waals surface area (Å²) in [6.07, 6.45) is 0.286. The lowest BCUT2D eigenvalue weighted by atomic mass is 10.1. The Morgan fingerprint density at radius 1 is 1.03 bits per heavy atom. The van der Waals surface area contributed by atoms with Crippen LogP contribution in [0.3, 0.4) is 0 Å². The molecule has 1 heterocycles. The van der Waals surface area contributed by atoms with Crippen molar-refractivity contribution in [3.63, 3.8) is 0 Å². The van der Waals surface area contributed by atoms with Gasteiger partial charge in [-0.25, -0.2) is 0 Å². The highest BCUT2D eigenvalue weighted by Gasteiger charge is 2.11. The number of H-pyrrole nitrogens is 1. The average molecular weight is 463 g/mol. The van der Waals surface area contributed by atoms with Crippen LogP contribution in [0.4, 0.5) is 0 Å². The highest BCUT2D eigenvalue weighted by Crippen LogP contribution is 2.22. The van der Waals surface area contributed by atoms with Gasteiger partial charge in [-0.15, -0.1) is 0 Å². The zero-order valence-corrected chi connectivity index (χ0v) is 19.2. The molecule has 0 spiro atoms. The molecule has 170 valence electrons. The van der Waals surface area contributed by atoms with Crippen molar-refractivity contribution in [3.05, 3.63) is 71.5 Å². The van der Waals surface area contributed by atoms with E-state index in [1.807, 2.05) is 72.2 Å². The number of ether oxygens (including phenoxy) is 2. The fraction of sp³-hybridized carbons (Fsp3) is 0.240. The largest absolute Gasteiger partial charge is 0.494 e. The summed E-state index contributed by atoms with van der Waals surface area (Å²) in [5, 5.41) is 12.3. The Labute approximate surface area is 197 Å². The van der Waals surface area contributed by atoms with Gasteiger partial charge < -0.3 is 14.8 Å². The molecular weight excluding hydrogens is 436 g/mol. The molecule has 0 saturated carbocycles. The molecule has 4 rings (SSSR count). The number of carbonyl (C=O) groups is 1. The van der Waals surface area contributed by atoms with Crippen LogP contribution in [-0.4, -0.2) is 40.4 Å². The number of fused-ring (bicyclic) bond motifs is 1. The highest BCUT2D eigenvalue weighted by atomic mass is 32.1. The molecule has 0 fully saturated rings. The van der Waals surface area contributed by atoms with Gasteiger partial charge in [0.1, 0.15) is 18.1 Å². The smallest absolute Gasteiger partial charge is 0.221 e. The third kappa shape index (κ3) is 5.78. The maximum atomic E-state index is 12.3. The summed E-state index contributed by atoms with van der Waals surface area (Å²) in [6.45, 7) is 3.80. The average Bonchev–Trinajstić information content (AvgIpc) is 3.21. The van der Waals surface area contributed by atoms with Gasteiger partial charge in [0.05, 0.1) is 13.2 Å². The van der Waals surface area contributed by atoms with Gasteiger partial charge in [-0.3, -0.25) is 14.5 Å². The molecule has 0 atom stereocenters. The second-order valence-corrected chi connectivity index (χ2v) is 7.81. The van der Waals surface area contributed by atoms with E-state index in [9.17, 15) is 4.79 Å². The molecule has 7 nitrogen and oxygen atoms in total. The van der Waals surface area contributed by atoms with E-state index in [0.717, 1.165) is 22.4 Å². The SMILES string of the molecule is CCOc1ccc(-c2n[nH]c(=S)n2CCC(=O)NCCOc2ccc3ccccc3c2)cc1. The quantitative estimate of drug-likeness (QED) is 0.263. The fourth-order valence-corrected chi connectivity index (χ4v) is 3.75. The summed E-state index contributed by atoms with van der Waals surface area (Å²) in [4.78, 5) is 12.3. The summed E-state index contributed by atoms with van der Waals surface area (Å²) in [7, 11) is 0. The number of nitrogens with one attached hydrogen (secondary N) is 2. The van der Waals surface area contributed by atoms with Crippen LogP contribution < -0.4 is 14.8 Å². The van der Waals surface area contributed by atoms with Crippen molar-refractivity contribution in [2.24, 2.45) is 0 Å². The monoisotopic (exact) mass is 462 g/mol. The number of aromatic nitrogens is 3. The Morgan fingerprint density at radius 3 is 2.58 bits per heavy atom. The minimum atomic E-state index is -0.0714. The highest BCUT2D eigenvalue weighted by molar-refractivity contribution is 7.71. The van der Waals surface area contributed by atoms with E-state index in [2.05, 4.69) is 21.6 Å². The van der Waals surface area contributed by atoms with Gasteiger partial charge in [-0.05, 0) is 66.3 Å². The van der Waals surface area contributed by atoms with Crippen molar-refractivity contribution < 1.29 is 14.3 Å². The number of benzene rings is 3.